The molecule has 3 aliphatic rings. The molecule has 3 amide bonds. The van der Waals surface area contributed by atoms with E-state index in [1.807, 2.05) is 17.0 Å². The molecule has 184 valence electrons. The van der Waals surface area contributed by atoms with Crippen LogP contribution in [0.2, 0.25) is 0 Å². The van der Waals surface area contributed by atoms with Gasteiger partial charge in [-0.25, -0.2) is 4.39 Å². The highest BCUT2D eigenvalue weighted by molar-refractivity contribution is 6.09. The molecule has 1 N–H and O–H groups in total. The molecule has 0 bridgehead atoms. The Bertz CT molecular complexity index is 1110. The van der Waals surface area contributed by atoms with Crippen molar-refractivity contribution in [2.24, 2.45) is 0 Å². The maximum Gasteiger partial charge on any atom is 0.253 e. The average Bonchev–Trinajstić information content (AvgIpc) is 2.90. The van der Waals surface area contributed by atoms with Gasteiger partial charge in [-0.2, -0.15) is 0 Å². The smallest absolute Gasteiger partial charge is 0.253 e. The van der Waals surface area contributed by atoms with Crippen LogP contribution < -0.4 is 15.1 Å². The third kappa shape index (κ3) is 4.88. The quantitative estimate of drug-likeness (QED) is 0.714. The van der Waals surface area contributed by atoms with E-state index in [0.29, 0.717) is 11.3 Å². The highest BCUT2D eigenvalue weighted by atomic mass is 19.1. The molecule has 0 aromatic heterocycles. The second-order valence-electron chi connectivity index (χ2n) is 9.59. The van der Waals surface area contributed by atoms with Gasteiger partial charge in [0.15, 0.2) is 0 Å². The number of nitrogens with one attached hydrogen (secondary N) is 1. The first-order chi connectivity index (χ1) is 17.0. The third-order valence-corrected chi connectivity index (χ3v) is 7.22. The lowest BCUT2D eigenvalue weighted by Gasteiger charge is -2.45. The van der Waals surface area contributed by atoms with Gasteiger partial charge in [0, 0.05) is 31.7 Å². The summed E-state index contributed by atoms with van der Waals surface area (Å²) in [7, 11) is 0. The third-order valence-electron chi connectivity index (χ3n) is 7.22. The van der Waals surface area contributed by atoms with Gasteiger partial charge in [-0.1, -0.05) is 12.1 Å². The van der Waals surface area contributed by atoms with Crippen molar-refractivity contribution in [3.05, 3.63) is 59.4 Å². The van der Waals surface area contributed by atoms with Crippen LogP contribution in [0.3, 0.4) is 0 Å². The molecule has 2 aromatic rings. The van der Waals surface area contributed by atoms with Crippen LogP contribution in [0.1, 0.15) is 54.4 Å². The second-order valence-corrected chi connectivity index (χ2v) is 9.59. The SMILES string of the molecule is O=C(CN1C(=O)C2CCCCN2c2ccc(C(=O)N3CCCCC3)cc21)NCc1ccc(F)cc1. The number of hydrogen-bond donors (Lipinski definition) is 1. The molecule has 1 atom stereocenters. The van der Waals surface area contributed by atoms with E-state index in [1.165, 1.54) is 17.0 Å². The average molecular weight is 479 g/mol. The maximum absolute atomic E-state index is 13.5. The van der Waals surface area contributed by atoms with Gasteiger partial charge >= 0.3 is 0 Å². The summed E-state index contributed by atoms with van der Waals surface area (Å²) < 4.78 is 13.2. The molecule has 0 aliphatic carbocycles. The summed E-state index contributed by atoms with van der Waals surface area (Å²) in [4.78, 5) is 45.1. The van der Waals surface area contributed by atoms with E-state index in [1.54, 1.807) is 18.2 Å². The molecular weight excluding hydrogens is 447 g/mol. The van der Waals surface area contributed by atoms with Crippen LogP contribution >= 0.6 is 0 Å². The highest BCUT2D eigenvalue weighted by Gasteiger charge is 2.40. The fraction of sp³-hybridized carbons (Fsp3) is 0.444. The Morgan fingerprint density at radius 3 is 2.43 bits per heavy atom. The summed E-state index contributed by atoms with van der Waals surface area (Å²) in [6.45, 7) is 2.40. The molecule has 7 nitrogen and oxygen atoms in total. The number of fused-ring (bicyclic) bond motifs is 3. The van der Waals surface area contributed by atoms with Crippen LogP contribution in [-0.2, 0) is 16.1 Å². The molecule has 2 saturated heterocycles. The number of carbonyl (C=O) groups is 3. The number of likely N-dealkylation sites (tertiary alicyclic amines) is 1. The van der Waals surface area contributed by atoms with Gasteiger partial charge in [-0.15, -0.1) is 0 Å². The Labute approximate surface area is 204 Å². The van der Waals surface area contributed by atoms with Gasteiger partial charge in [-0.3, -0.25) is 19.3 Å². The van der Waals surface area contributed by atoms with Crippen molar-refractivity contribution >= 4 is 29.1 Å². The molecule has 1 unspecified atom stereocenters. The standard InChI is InChI=1S/C27H31FN4O3/c28-21-10-7-19(8-11-21)17-29-25(33)18-32-24-16-20(26(34)30-13-3-1-4-14-30)9-12-22(24)31-15-5-2-6-23(31)27(32)35/h7-12,16,23H,1-6,13-15,17-18H2,(H,29,33). The van der Waals surface area contributed by atoms with E-state index in [0.717, 1.165) is 69.4 Å². The van der Waals surface area contributed by atoms with Crippen molar-refractivity contribution in [2.75, 3.05) is 36.0 Å². The maximum atomic E-state index is 13.5. The first kappa shape index (κ1) is 23.3. The van der Waals surface area contributed by atoms with Crippen LogP contribution in [0.5, 0.6) is 0 Å². The lowest BCUT2D eigenvalue weighted by molar-refractivity contribution is -0.125. The Morgan fingerprint density at radius 1 is 0.914 bits per heavy atom. The van der Waals surface area contributed by atoms with Gasteiger partial charge in [0.2, 0.25) is 11.8 Å². The van der Waals surface area contributed by atoms with E-state index in [-0.39, 0.29) is 42.7 Å². The Hall–Kier alpha value is -3.42. The lowest BCUT2D eigenvalue weighted by Crippen LogP contribution is -2.57. The minimum Gasteiger partial charge on any atom is -0.358 e. The molecule has 8 heteroatoms. The molecule has 0 spiro atoms. The van der Waals surface area contributed by atoms with Gasteiger partial charge in [0.05, 0.1) is 11.4 Å². The number of halogens is 1. The van der Waals surface area contributed by atoms with E-state index in [4.69, 9.17) is 0 Å². The molecular formula is C27H31FN4O3. The topological polar surface area (TPSA) is 73.0 Å². The summed E-state index contributed by atoms with van der Waals surface area (Å²) in [5, 5.41) is 2.83. The van der Waals surface area contributed by atoms with Gasteiger partial charge in [-0.05, 0) is 74.4 Å². The predicted molar refractivity (Wildman–Crippen MR) is 132 cm³/mol. The number of anilines is 2. The Kier molecular flexibility index (Phi) is 6.70. The van der Waals surface area contributed by atoms with Gasteiger partial charge in [0.25, 0.3) is 5.91 Å². The summed E-state index contributed by atoms with van der Waals surface area (Å²) in [6.07, 6.45) is 5.88. The summed E-state index contributed by atoms with van der Waals surface area (Å²) in [5.74, 6) is -0.758. The monoisotopic (exact) mass is 478 g/mol. The normalized spacial score (nSPS) is 19.7. The molecule has 3 aliphatic heterocycles. The van der Waals surface area contributed by atoms with E-state index >= 15 is 0 Å². The summed E-state index contributed by atoms with van der Waals surface area (Å²) >= 11 is 0. The molecule has 2 fully saturated rings. The molecule has 2 aromatic carbocycles. The van der Waals surface area contributed by atoms with Crippen molar-refractivity contribution in [2.45, 2.75) is 51.1 Å². The van der Waals surface area contributed by atoms with Crippen LogP contribution in [0, 0.1) is 5.82 Å². The molecule has 0 radical (unpaired) electrons. The van der Waals surface area contributed by atoms with Crippen LogP contribution in [0.15, 0.2) is 42.5 Å². The van der Waals surface area contributed by atoms with Crippen molar-refractivity contribution in [3.63, 3.8) is 0 Å². The van der Waals surface area contributed by atoms with E-state index in [9.17, 15) is 18.8 Å². The number of carbonyl (C=O) groups excluding carboxylic acids is 3. The minimum absolute atomic E-state index is 0.0265. The lowest BCUT2D eigenvalue weighted by atomic mass is 9.95. The van der Waals surface area contributed by atoms with Gasteiger partial charge in [0.1, 0.15) is 18.4 Å². The number of piperidine rings is 2. The number of rotatable bonds is 5. The fourth-order valence-electron chi connectivity index (χ4n) is 5.34. The van der Waals surface area contributed by atoms with Crippen LogP contribution in [0.4, 0.5) is 15.8 Å². The number of hydrogen-bond acceptors (Lipinski definition) is 4. The minimum atomic E-state index is -0.331. The largest absolute Gasteiger partial charge is 0.358 e. The van der Waals surface area contributed by atoms with Crippen molar-refractivity contribution in [1.29, 1.82) is 0 Å². The zero-order valence-electron chi connectivity index (χ0n) is 19.8. The summed E-state index contributed by atoms with van der Waals surface area (Å²) in [6, 6.07) is 11.2. The fourth-order valence-corrected chi connectivity index (χ4v) is 5.34. The molecule has 0 saturated carbocycles. The predicted octanol–water partition coefficient (Wildman–Crippen LogP) is 3.47. The van der Waals surface area contributed by atoms with Crippen molar-refractivity contribution in [1.82, 2.24) is 10.2 Å². The van der Waals surface area contributed by atoms with Crippen molar-refractivity contribution in [3.8, 4) is 0 Å². The second kappa shape index (κ2) is 10.1. The van der Waals surface area contributed by atoms with Crippen LogP contribution in [0.25, 0.3) is 0 Å². The summed E-state index contributed by atoms with van der Waals surface area (Å²) in [5.41, 5.74) is 2.84. The van der Waals surface area contributed by atoms with Crippen LogP contribution in [-0.4, -0.2) is 54.8 Å². The number of amides is 3. The first-order valence-electron chi connectivity index (χ1n) is 12.5. The zero-order valence-corrected chi connectivity index (χ0v) is 19.8. The molecule has 35 heavy (non-hydrogen) atoms. The Balaban J connectivity index is 1.39. The molecule has 5 rings (SSSR count). The first-order valence-corrected chi connectivity index (χ1v) is 12.5. The van der Waals surface area contributed by atoms with E-state index < -0.39 is 0 Å². The molecule has 3 heterocycles. The highest BCUT2D eigenvalue weighted by Crippen LogP contribution is 2.40. The van der Waals surface area contributed by atoms with E-state index in [2.05, 4.69) is 10.2 Å². The van der Waals surface area contributed by atoms with Crippen molar-refractivity contribution < 1.29 is 18.8 Å². The van der Waals surface area contributed by atoms with Gasteiger partial charge < -0.3 is 15.1 Å². The number of nitrogens with zero attached hydrogens (tertiary/aromatic N) is 3. The zero-order chi connectivity index (χ0) is 24.4. The Morgan fingerprint density at radius 2 is 1.66 bits per heavy atom. The number of benzene rings is 2.